The summed E-state index contributed by atoms with van der Waals surface area (Å²) in [5.74, 6) is 0.452. The molecule has 1 amide bonds. The van der Waals surface area contributed by atoms with E-state index in [1.165, 1.54) is 11.3 Å². The number of benzene rings is 1. The summed E-state index contributed by atoms with van der Waals surface area (Å²) in [6.07, 6.45) is 3.17. The molecule has 6 heteroatoms. The highest BCUT2D eigenvalue weighted by atomic mass is 32.1. The van der Waals surface area contributed by atoms with E-state index in [1.54, 1.807) is 13.2 Å². The molecule has 0 fully saturated rings. The first-order chi connectivity index (χ1) is 12.1. The van der Waals surface area contributed by atoms with Gasteiger partial charge in [0.25, 0.3) is 5.91 Å². The van der Waals surface area contributed by atoms with Gasteiger partial charge in [0, 0.05) is 22.8 Å². The van der Waals surface area contributed by atoms with Crippen LogP contribution in [0.3, 0.4) is 0 Å². The van der Waals surface area contributed by atoms with Crippen LogP contribution in [0.15, 0.2) is 36.4 Å². The van der Waals surface area contributed by atoms with Gasteiger partial charge in [-0.25, -0.2) is 4.98 Å². The van der Waals surface area contributed by atoms with Gasteiger partial charge in [0.1, 0.15) is 15.5 Å². The van der Waals surface area contributed by atoms with E-state index in [9.17, 15) is 4.79 Å². The number of nitrogen functional groups attached to an aromatic ring is 1. The maximum atomic E-state index is 12.6. The lowest BCUT2D eigenvalue weighted by molar-refractivity contribution is 0.103. The minimum atomic E-state index is -0.233. The Hall–Kier alpha value is -2.60. The molecular formula is C19H21N3O2S. The number of amides is 1. The monoisotopic (exact) mass is 355 g/mol. The molecule has 2 aromatic heterocycles. The molecule has 130 valence electrons. The predicted octanol–water partition coefficient (Wildman–Crippen LogP) is 4.48. The van der Waals surface area contributed by atoms with Crippen LogP contribution in [0.2, 0.25) is 0 Å². The zero-order chi connectivity index (χ0) is 17.8. The maximum absolute atomic E-state index is 12.6. The van der Waals surface area contributed by atoms with Gasteiger partial charge in [-0.15, -0.1) is 11.3 Å². The summed E-state index contributed by atoms with van der Waals surface area (Å²) in [7, 11) is 1.59. The van der Waals surface area contributed by atoms with Crippen molar-refractivity contribution in [3.63, 3.8) is 0 Å². The lowest BCUT2D eigenvalue weighted by Gasteiger charge is -2.06. The zero-order valence-electron chi connectivity index (χ0n) is 14.3. The molecule has 5 nitrogen and oxygen atoms in total. The van der Waals surface area contributed by atoms with Crippen LogP contribution in [0.1, 0.15) is 35.1 Å². The van der Waals surface area contributed by atoms with Crippen molar-refractivity contribution < 1.29 is 9.53 Å². The fourth-order valence-corrected chi connectivity index (χ4v) is 3.60. The Bertz CT molecular complexity index is 905. The first kappa shape index (κ1) is 17.2. The first-order valence-corrected chi connectivity index (χ1v) is 9.07. The van der Waals surface area contributed by atoms with Gasteiger partial charge in [-0.05, 0) is 37.1 Å². The van der Waals surface area contributed by atoms with Crippen LogP contribution in [0.4, 0.5) is 11.4 Å². The van der Waals surface area contributed by atoms with Gasteiger partial charge >= 0.3 is 0 Å². The molecule has 3 rings (SSSR count). The van der Waals surface area contributed by atoms with Crippen LogP contribution in [-0.2, 0) is 6.42 Å². The summed E-state index contributed by atoms with van der Waals surface area (Å²) in [5, 5.41) is 3.70. The number of nitrogens with one attached hydrogen (secondary N) is 1. The molecule has 0 unspecified atom stereocenters. The van der Waals surface area contributed by atoms with E-state index in [0.29, 0.717) is 22.0 Å². The molecular weight excluding hydrogens is 334 g/mol. The van der Waals surface area contributed by atoms with Gasteiger partial charge in [0.15, 0.2) is 0 Å². The molecule has 1 aromatic carbocycles. The second kappa shape index (κ2) is 7.53. The Morgan fingerprint density at radius 3 is 2.92 bits per heavy atom. The van der Waals surface area contributed by atoms with Crippen LogP contribution in [0.25, 0.3) is 10.2 Å². The molecule has 0 aliphatic carbocycles. The number of methoxy groups -OCH3 is 1. The smallest absolute Gasteiger partial charge is 0.267 e. The average molecular weight is 355 g/mol. The van der Waals surface area contributed by atoms with E-state index in [0.717, 1.165) is 35.2 Å². The molecule has 3 N–H and O–H groups in total. The molecule has 0 atom stereocenters. The number of carbonyl (C=O) groups is 1. The number of ether oxygens (including phenoxy) is 1. The van der Waals surface area contributed by atoms with Crippen molar-refractivity contribution in [1.82, 2.24) is 4.98 Å². The number of aryl methyl sites for hydroxylation is 1. The number of nitrogens with zero attached hydrogens (tertiary/aromatic N) is 1. The fourth-order valence-electron chi connectivity index (χ4n) is 2.59. The van der Waals surface area contributed by atoms with E-state index in [1.807, 2.05) is 30.3 Å². The SMILES string of the molecule is CCCCc1ccc2c(N)c(C(=O)Nc3cccc(OC)c3)sc2n1. The fraction of sp³-hybridized carbons (Fsp3) is 0.263. The minimum absolute atomic E-state index is 0.233. The molecule has 0 aliphatic rings. The van der Waals surface area contributed by atoms with E-state index in [4.69, 9.17) is 10.5 Å². The highest BCUT2D eigenvalue weighted by Crippen LogP contribution is 2.33. The topological polar surface area (TPSA) is 77.2 Å². The molecule has 2 heterocycles. The molecule has 0 spiro atoms. The van der Waals surface area contributed by atoms with Crippen LogP contribution in [0.5, 0.6) is 5.75 Å². The highest BCUT2D eigenvalue weighted by Gasteiger charge is 2.18. The number of nitrogens with two attached hydrogens (primary N) is 1. The molecule has 0 saturated carbocycles. The first-order valence-electron chi connectivity index (χ1n) is 8.25. The number of rotatable bonds is 6. The molecule has 25 heavy (non-hydrogen) atoms. The molecule has 0 radical (unpaired) electrons. The van der Waals surface area contributed by atoms with E-state index in [2.05, 4.69) is 17.2 Å². The Balaban J connectivity index is 1.86. The van der Waals surface area contributed by atoms with Gasteiger partial charge in [-0.3, -0.25) is 4.79 Å². The molecule has 0 saturated heterocycles. The third-order valence-corrected chi connectivity index (χ3v) is 5.09. The van der Waals surface area contributed by atoms with Crippen molar-refractivity contribution in [2.24, 2.45) is 0 Å². The second-order valence-electron chi connectivity index (χ2n) is 5.79. The van der Waals surface area contributed by atoms with Gasteiger partial charge < -0.3 is 15.8 Å². The number of fused-ring (bicyclic) bond motifs is 1. The van der Waals surface area contributed by atoms with Gasteiger partial charge in [0.2, 0.25) is 0 Å². The number of unbranched alkanes of at least 4 members (excludes halogenated alkanes) is 1. The van der Waals surface area contributed by atoms with Crippen molar-refractivity contribution in [1.29, 1.82) is 0 Å². The highest BCUT2D eigenvalue weighted by molar-refractivity contribution is 7.21. The minimum Gasteiger partial charge on any atom is -0.497 e. The maximum Gasteiger partial charge on any atom is 0.267 e. The number of hydrogen-bond donors (Lipinski definition) is 2. The van der Waals surface area contributed by atoms with Crippen molar-refractivity contribution in [2.45, 2.75) is 26.2 Å². The lowest BCUT2D eigenvalue weighted by atomic mass is 10.1. The number of aromatic nitrogens is 1. The summed E-state index contributed by atoms with van der Waals surface area (Å²) in [4.78, 5) is 18.6. The third-order valence-electron chi connectivity index (χ3n) is 3.97. The van der Waals surface area contributed by atoms with Gasteiger partial charge in [-0.2, -0.15) is 0 Å². The zero-order valence-corrected chi connectivity index (χ0v) is 15.2. The molecule has 0 aliphatic heterocycles. The summed E-state index contributed by atoms with van der Waals surface area (Å²) < 4.78 is 5.18. The second-order valence-corrected chi connectivity index (χ2v) is 6.79. The van der Waals surface area contributed by atoms with Gasteiger partial charge in [-0.1, -0.05) is 19.4 Å². The Labute approximate surface area is 150 Å². The Kier molecular flexibility index (Phi) is 5.19. The number of anilines is 2. The Morgan fingerprint density at radius 1 is 1.32 bits per heavy atom. The lowest BCUT2D eigenvalue weighted by Crippen LogP contribution is -2.11. The van der Waals surface area contributed by atoms with E-state index >= 15 is 0 Å². The summed E-state index contributed by atoms with van der Waals surface area (Å²) >= 11 is 1.33. The standard InChI is InChI=1S/C19H21N3O2S/c1-3-4-6-12-9-10-15-16(20)17(25-19(15)22-12)18(23)21-13-7-5-8-14(11-13)24-2/h5,7-11H,3-4,6,20H2,1-2H3,(H,21,23). The number of carbonyl (C=O) groups excluding carboxylic acids is 1. The summed E-state index contributed by atoms with van der Waals surface area (Å²) in [5.41, 5.74) is 8.37. The largest absolute Gasteiger partial charge is 0.497 e. The van der Waals surface area contributed by atoms with E-state index < -0.39 is 0 Å². The summed E-state index contributed by atoms with van der Waals surface area (Å²) in [6, 6.07) is 11.2. The third kappa shape index (κ3) is 3.74. The molecule has 0 bridgehead atoms. The molecule has 3 aromatic rings. The Morgan fingerprint density at radius 2 is 2.16 bits per heavy atom. The van der Waals surface area contributed by atoms with Crippen LogP contribution in [0, 0.1) is 0 Å². The van der Waals surface area contributed by atoms with E-state index in [-0.39, 0.29) is 5.91 Å². The van der Waals surface area contributed by atoms with Gasteiger partial charge in [0.05, 0.1) is 12.8 Å². The number of thiophene rings is 1. The van der Waals surface area contributed by atoms with Crippen molar-refractivity contribution >= 4 is 38.8 Å². The van der Waals surface area contributed by atoms with Crippen LogP contribution in [-0.4, -0.2) is 18.0 Å². The quantitative estimate of drug-likeness (QED) is 0.683. The van der Waals surface area contributed by atoms with Crippen molar-refractivity contribution in [2.75, 3.05) is 18.2 Å². The van der Waals surface area contributed by atoms with Crippen molar-refractivity contribution in [3.8, 4) is 5.75 Å². The predicted molar refractivity (Wildman–Crippen MR) is 104 cm³/mol. The number of pyridine rings is 1. The normalized spacial score (nSPS) is 10.8. The average Bonchev–Trinajstić information content (AvgIpc) is 2.96. The summed E-state index contributed by atoms with van der Waals surface area (Å²) in [6.45, 7) is 2.16. The van der Waals surface area contributed by atoms with Crippen LogP contribution < -0.4 is 15.8 Å². The van der Waals surface area contributed by atoms with Crippen LogP contribution >= 0.6 is 11.3 Å². The van der Waals surface area contributed by atoms with Crippen molar-refractivity contribution in [3.05, 3.63) is 47.0 Å². The number of hydrogen-bond acceptors (Lipinski definition) is 5.